The number of nitrogens with one attached hydrogen (secondary N) is 2. The Morgan fingerprint density at radius 3 is 2.33 bits per heavy atom. The number of benzene rings is 1. The van der Waals surface area contributed by atoms with Crippen molar-refractivity contribution >= 4 is 24.2 Å². The Labute approximate surface area is 143 Å². The summed E-state index contributed by atoms with van der Waals surface area (Å²) in [5, 5.41) is 6.02. The molecule has 0 unspecified atom stereocenters. The summed E-state index contributed by atoms with van der Waals surface area (Å²) < 4.78 is 17.5. The summed E-state index contributed by atoms with van der Waals surface area (Å²) in [5.41, 5.74) is 0.933. The van der Waals surface area contributed by atoms with E-state index in [1.807, 2.05) is 52.0 Å². The molecule has 130 valence electrons. The molecular weight excluding hydrogens is 307 g/mol. The second-order valence-electron chi connectivity index (χ2n) is 7.26. The van der Waals surface area contributed by atoms with Crippen LogP contribution in [0.2, 0.25) is 0 Å². The van der Waals surface area contributed by atoms with Crippen LogP contribution in [0.25, 0.3) is 0 Å². The molecular formula is C17H25BN2O4. The molecule has 0 bridgehead atoms. The van der Waals surface area contributed by atoms with E-state index in [1.165, 1.54) is 0 Å². The van der Waals surface area contributed by atoms with Gasteiger partial charge in [-0.05, 0) is 45.3 Å². The molecule has 24 heavy (non-hydrogen) atoms. The molecule has 7 heteroatoms. The van der Waals surface area contributed by atoms with Crippen LogP contribution in [-0.2, 0) is 18.8 Å². The Balaban J connectivity index is 1.63. The predicted molar refractivity (Wildman–Crippen MR) is 93.4 cm³/mol. The minimum absolute atomic E-state index is 0.134. The molecule has 0 aliphatic carbocycles. The van der Waals surface area contributed by atoms with Gasteiger partial charge in [0, 0.05) is 18.8 Å². The first-order chi connectivity index (χ1) is 11.3. The smallest absolute Gasteiger partial charge is 0.399 e. The van der Waals surface area contributed by atoms with Gasteiger partial charge in [0.2, 0.25) is 0 Å². The quantitative estimate of drug-likeness (QED) is 0.806. The Morgan fingerprint density at radius 1 is 1.17 bits per heavy atom. The van der Waals surface area contributed by atoms with E-state index in [9.17, 15) is 4.79 Å². The van der Waals surface area contributed by atoms with Gasteiger partial charge in [0.25, 0.3) is 5.91 Å². The van der Waals surface area contributed by atoms with E-state index in [4.69, 9.17) is 14.0 Å². The minimum Gasteiger partial charge on any atom is -0.399 e. The minimum atomic E-state index is -0.443. The predicted octanol–water partition coefficient (Wildman–Crippen LogP) is 0.913. The normalized spacial score (nSPS) is 25.5. The van der Waals surface area contributed by atoms with Gasteiger partial charge < -0.3 is 24.7 Å². The SMILES string of the molecule is CC1(C)OB(c2ccc(NC(=O)[C@H]3CNCCO3)cc2)OC1(C)C. The van der Waals surface area contributed by atoms with Crippen molar-refractivity contribution in [2.45, 2.75) is 45.0 Å². The van der Waals surface area contributed by atoms with E-state index in [-0.39, 0.29) is 17.1 Å². The Kier molecular flexibility index (Phi) is 4.70. The first-order valence-corrected chi connectivity index (χ1v) is 8.37. The lowest BCUT2D eigenvalue weighted by Crippen LogP contribution is -2.45. The van der Waals surface area contributed by atoms with E-state index in [0.29, 0.717) is 13.2 Å². The molecule has 0 aromatic heterocycles. The van der Waals surface area contributed by atoms with Crippen LogP contribution in [0.15, 0.2) is 24.3 Å². The van der Waals surface area contributed by atoms with Crippen LogP contribution in [-0.4, -0.2) is 50.0 Å². The third kappa shape index (κ3) is 3.49. The highest BCUT2D eigenvalue weighted by molar-refractivity contribution is 6.62. The molecule has 2 aliphatic rings. The van der Waals surface area contributed by atoms with Crippen molar-refractivity contribution in [2.24, 2.45) is 0 Å². The molecule has 0 saturated carbocycles. The molecule has 3 rings (SSSR count). The largest absolute Gasteiger partial charge is 0.494 e. The fourth-order valence-electron chi connectivity index (χ4n) is 2.66. The van der Waals surface area contributed by atoms with E-state index in [2.05, 4.69) is 10.6 Å². The number of hydrogen-bond acceptors (Lipinski definition) is 5. The van der Waals surface area contributed by atoms with Gasteiger partial charge in [-0.2, -0.15) is 0 Å². The van der Waals surface area contributed by atoms with Gasteiger partial charge in [0.15, 0.2) is 0 Å². The zero-order valence-electron chi connectivity index (χ0n) is 14.7. The Morgan fingerprint density at radius 2 is 1.79 bits per heavy atom. The molecule has 2 fully saturated rings. The van der Waals surface area contributed by atoms with Crippen molar-refractivity contribution in [3.63, 3.8) is 0 Å². The molecule has 1 amide bonds. The summed E-state index contributed by atoms with van der Waals surface area (Å²) >= 11 is 0. The summed E-state index contributed by atoms with van der Waals surface area (Å²) in [5.74, 6) is -0.134. The monoisotopic (exact) mass is 332 g/mol. The molecule has 2 N–H and O–H groups in total. The van der Waals surface area contributed by atoms with Gasteiger partial charge in [0.1, 0.15) is 6.10 Å². The van der Waals surface area contributed by atoms with E-state index < -0.39 is 13.2 Å². The van der Waals surface area contributed by atoms with Gasteiger partial charge in [0.05, 0.1) is 17.8 Å². The summed E-state index contributed by atoms with van der Waals surface area (Å²) in [7, 11) is -0.398. The maximum atomic E-state index is 12.2. The molecule has 2 saturated heterocycles. The van der Waals surface area contributed by atoms with Crippen LogP contribution in [0.1, 0.15) is 27.7 Å². The van der Waals surface area contributed by atoms with Crippen molar-refractivity contribution in [1.29, 1.82) is 0 Å². The zero-order valence-corrected chi connectivity index (χ0v) is 14.7. The van der Waals surface area contributed by atoms with Crippen molar-refractivity contribution in [2.75, 3.05) is 25.0 Å². The lowest BCUT2D eigenvalue weighted by atomic mass is 9.79. The van der Waals surface area contributed by atoms with Crippen molar-refractivity contribution in [3.05, 3.63) is 24.3 Å². The third-order valence-electron chi connectivity index (χ3n) is 4.92. The number of morpholine rings is 1. The molecule has 2 aliphatic heterocycles. The van der Waals surface area contributed by atoms with Crippen LogP contribution < -0.4 is 16.1 Å². The average molecular weight is 332 g/mol. The zero-order chi connectivity index (χ0) is 17.4. The fourth-order valence-corrected chi connectivity index (χ4v) is 2.66. The van der Waals surface area contributed by atoms with Gasteiger partial charge in [-0.25, -0.2) is 0 Å². The van der Waals surface area contributed by atoms with Crippen molar-refractivity contribution in [1.82, 2.24) is 5.32 Å². The van der Waals surface area contributed by atoms with Gasteiger partial charge in [-0.3, -0.25) is 4.79 Å². The second-order valence-corrected chi connectivity index (χ2v) is 7.26. The summed E-state index contributed by atoms with van der Waals surface area (Å²) in [4.78, 5) is 12.2. The third-order valence-corrected chi connectivity index (χ3v) is 4.92. The molecule has 0 radical (unpaired) electrons. The van der Waals surface area contributed by atoms with Crippen LogP contribution in [0.5, 0.6) is 0 Å². The highest BCUT2D eigenvalue weighted by atomic mass is 16.7. The average Bonchev–Trinajstić information content (AvgIpc) is 2.77. The van der Waals surface area contributed by atoms with Crippen molar-refractivity contribution < 1.29 is 18.8 Å². The van der Waals surface area contributed by atoms with E-state index in [0.717, 1.165) is 17.7 Å². The lowest BCUT2D eigenvalue weighted by molar-refractivity contribution is -0.128. The Hall–Kier alpha value is -1.41. The first kappa shape index (κ1) is 17.4. The maximum Gasteiger partial charge on any atom is 0.494 e. The van der Waals surface area contributed by atoms with Crippen LogP contribution in [0, 0.1) is 0 Å². The lowest BCUT2D eigenvalue weighted by Gasteiger charge is -2.32. The summed E-state index contributed by atoms with van der Waals surface area (Å²) in [6, 6.07) is 7.54. The molecule has 1 atom stereocenters. The van der Waals surface area contributed by atoms with Crippen molar-refractivity contribution in [3.8, 4) is 0 Å². The van der Waals surface area contributed by atoms with Crippen LogP contribution in [0.4, 0.5) is 5.69 Å². The van der Waals surface area contributed by atoms with E-state index >= 15 is 0 Å². The molecule has 6 nitrogen and oxygen atoms in total. The highest BCUT2D eigenvalue weighted by Crippen LogP contribution is 2.36. The number of ether oxygens (including phenoxy) is 1. The number of carbonyl (C=O) groups is 1. The summed E-state index contributed by atoms with van der Waals surface area (Å²) in [6.07, 6.45) is -0.443. The van der Waals surface area contributed by atoms with Gasteiger partial charge in [-0.1, -0.05) is 12.1 Å². The van der Waals surface area contributed by atoms with Crippen LogP contribution >= 0.6 is 0 Å². The number of rotatable bonds is 3. The maximum absolute atomic E-state index is 12.2. The molecule has 1 aromatic rings. The first-order valence-electron chi connectivity index (χ1n) is 8.37. The second kappa shape index (κ2) is 6.48. The van der Waals surface area contributed by atoms with Gasteiger partial charge in [-0.15, -0.1) is 0 Å². The van der Waals surface area contributed by atoms with E-state index in [1.54, 1.807) is 0 Å². The number of amides is 1. The van der Waals surface area contributed by atoms with Gasteiger partial charge >= 0.3 is 7.12 Å². The molecule has 2 heterocycles. The standard InChI is InChI=1S/C17H25BN2O4/c1-16(2)17(3,4)24-18(23-16)12-5-7-13(8-6-12)20-15(21)14-11-19-9-10-22-14/h5-8,14,19H,9-11H2,1-4H3,(H,20,21)/t14-/m1/s1. The topological polar surface area (TPSA) is 68.8 Å². The molecule has 0 spiro atoms. The number of hydrogen-bond donors (Lipinski definition) is 2. The number of anilines is 1. The highest BCUT2D eigenvalue weighted by Gasteiger charge is 2.51. The summed E-state index contributed by atoms with van der Waals surface area (Å²) in [6.45, 7) is 9.99. The molecule has 1 aromatic carbocycles. The van der Waals surface area contributed by atoms with Crippen LogP contribution in [0.3, 0.4) is 0 Å². The Bertz CT molecular complexity index is 581. The fraction of sp³-hybridized carbons (Fsp3) is 0.588. The number of carbonyl (C=O) groups excluding carboxylic acids is 1.